The van der Waals surface area contributed by atoms with Crippen molar-refractivity contribution in [3.63, 3.8) is 0 Å². The average Bonchev–Trinajstić information content (AvgIpc) is 3.34. The van der Waals surface area contributed by atoms with E-state index in [1.165, 1.54) is 36.1 Å². The van der Waals surface area contributed by atoms with Crippen LogP contribution < -0.4 is 15.5 Å². The van der Waals surface area contributed by atoms with Gasteiger partial charge in [0.2, 0.25) is 0 Å². The molecule has 1 fully saturated rings. The molecule has 2 aromatic carbocycles. The molecular formula is C26H34N4O2. The molecule has 1 atom stereocenters. The number of hydrogen-bond donors (Lipinski definition) is 2. The van der Waals surface area contributed by atoms with E-state index in [-0.39, 0.29) is 6.04 Å². The highest BCUT2D eigenvalue weighted by molar-refractivity contribution is 6.35. The fraction of sp³-hybridized carbons (Fsp3) is 0.462. The molecule has 2 amide bonds. The minimum absolute atomic E-state index is 0.0936. The lowest BCUT2D eigenvalue weighted by atomic mass is 9.96. The first-order valence-corrected chi connectivity index (χ1v) is 11.8. The van der Waals surface area contributed by atoms with Crippen molar-refractivity contribution in [3.8, 4) is 0 Å². The number of rotatable bonds is 7. The normalized spacial score (nSPS) is 17.0. The molecule has 0 aromatic heterocycles. The van der Waals surface area contributed by atoms with Gasteiger partial charge in [0, 0.05) is 32.4 Å². The zero-order valence-corrected chi connectivity index (χ0v) is 19.0. The number of benzene rings is 2. The van der Waals surface area contributed by atoms with E-state index in [9.17, 15) is 9.59 Å². The van der Waals surface area contributed by atoms with E-state index in [0.29, 0.717) is 19.5 Å². The van der Waals surface area contributed by atoms with E-state index >= 15 is 0 Å². The topological polar surface area (TPSA) is 64.7 Å². The number of amides is 2. The predicted octanol–water partition coefficient (Wildman–Crippen LogP) is 2.68. The molecule has 0 saturated carbocycles. The maximum atomic E-state index is 12.5. The van der Waals surface area contributed by atoms with Crippen LogP contribution >= 0.6 is 0 Å². The van der Waals surface area contributed by atoms with Crippen molar-refractivity contribution in [3.05, 3.63) is 65.2 Å². The van der Waals surface area contributed by atoms with E-state index in [1.54, 1.807) is 0 Å². The van der Waals surface area contributed by atoms with Gasteiger partial charge in [-0.1, -0.05) is 42.5 Å². The number of carbonyl (C=O) groups excluding carboxylic acids is 2. The maximum absolute atomic E-state index is 12.5. The zero-order valence-electron chi connectivity index (χ0n) is 19.0. The highest BCUT2D eigenvalue weighted by Gasteiger charge is 2.26. The second-order valence-electron chi connectivity index (χ2n) is 8.87. The molecular weight excluding hydrogens is 400 g/mol. The van der Waals surface area contributed by atoms with Gasteiger partial charge in [-0.05, 0) is 68.0 Å². The van der Waals surface area contributed by atoms with Crippen LogP contribution in [-0.2, 0) is 22.4 Å². The monoisotopic (exact) mass is 434 g/mol. The number of carbonyl (C=O) groups is 2. The molecule has 2 aliphatic heterocycles. The highest BCUT2D eigenvalue weighted by atomic mass is 16.2. The van der Waals surface area contributed by atoms with E-state index in [1.807, 2.05) is 30.3 Å². The molecule has 1 unspecified atom stereocenters. The molecule has 0 aliphatic carbocycles. The molecule has 170 valence electrons. The Morgan fingerprint density at radius 2 is 1.69 bits per heavy atom. The molecule has 0 bridgehead atoms. The van der Waals surface area contributed by atoms with Crippen LogP contribution in [0.4, 0.5) is 5.69 Å². The van der Waals surface area contributed by atoms with Gasteiger partial charge in [-0.3, -0.25) is 14.5 Å². The SMILES string of the molecule is CN1CCCc2cc(C(CNC(=O)C(=O)NCCc3ccccc3)N3CCCC3)ccc21. The molecule has 32 heavy (non-hydrogen) atoms. The first-order chi connectivity index (χ1) is 15.6. The number of anilines is 1. The minimum atomic E-state index is -0.562. The highest BCUT2D eigenvalue weighted by Crippen LogP contribution is 2.31. The summed E-state index contributed by atoms with van der Waals surface area (Å²) in [6.07, 6.45) is 5.33. The molecule has 6 heteroatoms. The van der Waals surface area contributed by atoms with Crippen LogP contribution in [0.2, 0.25) is 0 Å². The van der Waals surface area contributed by atoms with Crippen LogP contribution in [0.3, 0.4) is 0 Å². The first-order valence-electron chi connectivity index (χ1n) is 11.8. The largest absolute Gasteiger partial charge is 0.374 e. The molecule has 1 saturated heterocycles. The molecule has 6 nitrogen and oxygen atoms in total. The zero-order chi connectivity index (χ0) is 22.3. The fourth-order valence-electron chi connectivity index (χ4n) is 4.84. The Balaban J connectivity index is 1.36. The Morgan fingerprint density at radius 3 is 2.47 bits per heavy atom. The van der Waals surface area contributed by atoms with Crippen molar-refractivity contribution in [2.24, 2.45) is 0 Å². The van der Waals surface area contributed by atoms with Gasteiger partial charge in [-0.25, -0.2) is 0 Å². The van der Waals surface area contributed by atoms with Gasteiger partial charge in [0.05, 0.1) is 6.04 Å². The second kappa shape index (κ2) is 10.6. The summed E-state index contributed by atoms with van der Waals surface area (Å²) >= 11 is 0. The summed E-state index contributed by atoms with van der Waals surface area (Å²) in [4.78, 5) is 29.5. The van der Waals surface area contributed by atoms with Gasteiger partial charge in [-0.15, -0.1) is 0 Å². The number of nitrogens with zero attached hydrogens (tertiary/aromatic N) is 2. The van der Waals surface area contributed by atoms with Crippen molar-refractivity contribution in [2.45, 2.75) is 38.1 Å². The van der Waals surface area contributed by atoms with E-state index in [4.69, 9.17) is 0 Å². The summed E-state index contributed by atoms with van der Waals surface area (Å²) in [7, 11) is 2.15. The van der Waals surface area contributed by atoms with E-state index in [2.05, 4.69) is 45.7 Å². The summed E-state index contributed by atoms with van der Waals surface area (Å²) < 4.78 is 0. The molecule has 2 aromatic rings. The lowest BCUT2D eigenvalue weighted by Crippen LogP contribution is -2.44. The summed E-state index contributed by atoms with van der Waals surface area (Å²) in [5.74, 6) is -1.12. The summed E-state index contributed by atoms with van der Waals surface area (Å²) in [6, 6.07) is 16.7. The standard InChI is InChI=1S/C26H34N4O2/c1-29-15-7-10-21-18-22(11-12-23(21)29)24(30-16-5-6-17-30)19-28-26(32)25(31)27-14-13-20-8-3-2-4-9-20/h2-4,8-9,11-12,18,24H,5-7,10,13-17,19H2,1H3,(H,27,31)(H,28,32). The van der Waals surface area contributed by atoms with Crippen molar-refractivity contribution in [1.29, 1.82) is 0 Å². The summed E-state index contributed by atoms with van der Waals surface area (Å²) in [5, 5.41) is 5.63. The summed E-state index contributed by atoms with van der Waals surface area (Å²) in [6.45, 7) is 4.04. The third-order valence-corrected chi connectivity index (χ3v) is 6.62. The summed E-state index contributed by atoms with van der Waals surface area (Å²) in [5.41, 5.74) is 5.05. The Labute approximate surface area is 191 Å². The van der Waals surface area contributed by atoms with E-state index < -0.39 is 11.8 Å². The Kier molecular flexibility index (Phi) is 7.43. The van der Waals surface area contributed by atoms with Gasteiger partial charge in [0.15, 0.2) is 0 Å². The molecule has 4 rings (SSSR count). The van der Waals surface area contributed by atoms with Gasteiger partial charge in [0.25, 0.3) is 0 Å². The fourth-order valence-corrected chi connectivity index (χ4v) is 4.84. The number of fused-ring (bicyclic) bond motifs is 1. The predicted molar refractivity (Wildman–Crippen MR) is 128 cm³/mol. The maximum Gasteiger partial charge on any atom is 0.309 e. The van der Waals surface area contributed by atoms with Crippen molar-refractivity contribution < 1.29 is 9.59 Å². The Morgan fingerprint density at radius 1 is 0.938 bits per heavy atom. The molecule has 0 radical (unpaired) electrons. The third kappa shape index (κ3) is 5.49. The van der Waals surface area contributed by atoms with Crippen LogP contribution in [0.1, 0.15) is 42.0 Å². The lowest BCUT2D eigenvalue weighted by molar-refractivity contribution is -0.139. The minimum Gasteiger partial charge on any atom is -0.374 e. The Bertz CT molecular complexity index is 925. The smallest absolute Gasteiger partial charge is 0.309 e. The molecule has 2 heterocycles. The van der Waals surface area contributed by atoms with Gasteiger partial charge >= 0.3 is 11.8 Å². The van der Waals surface area contributed by atoms with Gasteiger partial charge in [0.1, 0.15) is 0 Å². The number of likely N-dealkylation sites (tertiary alicyclic amines) is 1. The van der Waals surface area contributed by atoms with Gasteiger partial charge in [-0.2, -0.15) is 0 Å². The van der Waals surface area contributed by atoms with Gasteiger partial charge < -0.3 is 15.5 Å². The lowest BCUT2D eigenvalue weighted by Gasteiger charge is -2.31. The average molecular weight is 435 g/mol. The third-order valence-electron chi connectivity index (χ3n) is 6.62. The molecule has 2 aliphatic rings. The Hall–Kier alpha value is -2.86. The van der Waals surface area contributed by atoms with Crippen LogP contribution in [-0.4, -0.2) is 56.5 Å². The van der Waals surface area contributed by atoms with Crippen LogP contribution in [0.15, 0.2) is 48.5 Å². The van der Waals surface area contributed by atoms with Crippen LogP contribution in [0, 0.1) is 0 Å². The van der Waals surface area contributed by atoms with Crippen molar-refractivity contribution >= 4 is 17.5 Å². The molecule has 2 N–H and O–H groups in total. The van der Waals surface area contributed by atoms with Crippen molar-refractivity contribution in [1.82, 2.24) is 15.5 Å². The number of aryl methyl sites for hydroxylation is 1. The first kappa shape index (κ1) is 22.3. The van der Waals surface area contributed by atoms with Crippen LogP contribution in [0.25, 0.3) is 0 Å². The molecule has 0 spiro atoms. The number of nitrogens with one attached hydrogen (secondary N) is 2. The quantitative estimate of drug-likeness (QED) is 0.658. The van der Waals surface area contributed by atoms with Crippen LogP contribution in [0.5, 0.6) is 0 Å². The second-order valence-corrected chi connectivity index (χ2v) is 8.87. The number of hydrogen-bond acceptors (Lipinski definition) is 4. The van der Waals surface area contributed by atoms with Crippen molar-refractivity contribution in [2.75, 3.05) is 44.7 Å². The van der Waals surface area contributed by atoms with E-state index in [0.717, 1.165) is 31.6 Å².